The lowest BCUT2D eigenvalue weighted by Crippen LogP contribution is -2.65. The minimum atomic E-state index is -0.702. The highest BCUT2D eigenvalue weighted by Crippen LogP contribution is 2.65. The molecule has 11 heteroatoms. The molecule has 4 aliphatic rings. The van der Waals surface area contributed by atoms with E-state index in [0.29, 0.717) is 56.8 Å². The average Bonchev–Trinajstić information content (AvgIpc) is 3.34. The maximum Gasteiger partial charge on any atom is 0.481 e. The lowest BCUT2D eigenvalue weighted by Gasteiger charge is -2.64. The zero-order valence-corrected chi connectivity index (χ0v) is 28.7. The fraction of sp³-hybridized carbons (Fsp3) is 0.909. The second-order valence-corrected chi connectivity index (χ2v) is 14.5. The van der Waals surface area contributed by atoms with Crippen molar-refractivity contribution in [3.8, 4) is 0 Å². The van der Waals surface area contributed by atoms with E-state index in [2.05, 4.69) is 62.8 Å². The SMILES string of the molecule is CCCCCCCCOCCC(=O)N[C@@H](CCCNC(=N)NC)C(=O)N[C@@H](CC(C)C)B1O[C@@H]2C[C@@H]3C[C@@H](C3(C)C)[C@]2(C)O1. The molecule has 1 aliphatic heterocycles. The molecule has 0 unspecified atom stereocenters. The molecule has 0 radical (unpaired) electrons. The summed E-state index contributed by atoms with van der Waals surface area (Å²) in [4.78, 5) is 26.7. The number of carbonyl (C=O) groups is 2. The molecule has 2 amide bonds. The summed E-state index contributed by atoms with van der Waals surface area (Å²) >= 11 is 0. The van der Waals surface area contributed by atoms with Crippen LogP contribution in [0.1, 0.15) is 119 Å². The van der Waals surface area contributed by atoms with Gasteiger partial charge in [0.05, 0.1) is 24.3 Å². The van der Waals surface area contributed by atoms with E-state index >= 15 is 0 Å². The van der Waals surface area contributed by atoms with Crippen molar-refractivity contribution < 1.29 is 23.6 Å². The van der Waals surface area contributed by atoms with Gasteiger partial charge in [0, 0.05) is 26.6 Å². The van der Waals surface area contributed by atoms with Crippen LogP contribution < -0.4 is 21.3 Å². The Morgan fingerprint density at radius 2 is 1.75 bits per heavy atom. The number of unbranched alkanes of at least 4 members (excludes halogenated alkanes) is 5. The van der Waals surface area contributed by atoms with Gasteiger partial charge < -0.3 is 35.3 Å². The Hall–Kier alpha value is -1.85. The molecule has 0 spiro atoms. The Bertz CT molecular complexity index is 936. The van der Waals surface area contributed by atoms with Gasteiger partial charge in [0.15, 0.2) is 5.96 Å². The molecule has 10 nitrogen and oxygen atoms in total. The summed E-state index contributed by atoms with van der Waals surface area (Å²) in [6.45, 7) is 14.9. The number of rotatable bonds is 20. The molecule has 4 fully saturated rings. The third-order valence-electron chi connectivity index (χ3n) is 10.3. The van der Waals surface area contributed by atoms with E-state index in [1.807, 2.05) is 0 Å². The van der Waals surface area contributed by atoms with Gasteiger partial charge in [-0.2, -0.15) is 0 Å². The molecule has 2 bridgehead atoms. The van der Waals surface area contributed by atoms with Gasteiger partial charge in [-0.1, -0.05) is 66.7 Å². The van der Waals surface area contributed by atoms with Gasteiger partial charge in [0.1, 0.15) is 6.04 Å². The van der Waals surface area contributed by atoms with Crippen LogP contribution in [-0.4, -0.2) is 75.4 Å². The minimum absolute atomic E-state index is 0.0382. The van der Waals surface area contributed by atoms with Gasteiger partial charge in [-0.25, -0.2) is 0 Å². The minimum Gasteiger partial charge on any atom is -0.404 e. The fourth-order valence-electron chi connectivity index (χ4n) is 7.50. The predicted molar refractivity (Wildman–Crippen MR) is 176 cm³/mol. The van der Waals surface area contributed by atoms with Gasteiger partial charge in [-0.05, 0) is 68.6 Å². The van der Waals surface area contributed by atoms with Crippen molar-refractivity contribution in [2.45, 2.75) is 142 Å². The van der Waals surface area contributed by atoms with Crippen LogP contribution in [0.25, 0.3) is 0 Å². The topological polar surface area (TPSA) is 134 Å². The van der Waals surface area contributed by atoms with Crippen molar-refractivity contribution in [2.24, 2.45) is 23.2 Å². The molecule has 1 saturated heterocycles. The summed E-state index contributed by atoms with van der Waals surface area (Å²) in [5.74, 6) is 0.899. The summed E-state index contributed by atoms with van der Waals surface area (Å²) in [7, 11) is 1.17. The molecule has 0 aromatic rings. The second-order valence-electron chi connectivity index (χ2n) is 14.5. The van der Waals surface area contributed by atoms with Crippen molar-refractivity contribution >= 4 is 24.9 Å². The Morgan fingerprint density at radius 1 is 1.02 bits per heavy atom. The van der Waals surface area contributed by atoms with E-state index < -0.39 is 13.2 Å². The van der Waals surface area contributed by atoms with Crippen molar-refractivity contribution in [3.05, 3.63) is 0 Å². The van der Waals surface area contributed by atoms with E-state index in [1.54, 1.807) is 7.05 Å². The van der Waals surface area contributed by atoms with Crippen LogP contribution in [0.3, 0.4) is 0 Å². The number of ether oxygens (including phenoxy) is 1. The normalized spacial score (nSPS) is 26.4. The molecule has 44 heavy (non-hydrogen) atoms. The van der Waals surface area contributed by atoms with Crippen LogP contribution in [0, 0.1) is 28.6 Å². The highest BCUT2D eigenvalue weighted by atomic mass is 16.7. The predicted octanol–water partition coefficient (Wildman–Crippen LogP) is 4.56. The van der Waals surface area contributed by atoms with Crippen molar-refractivity contribution in [1.82, 2.24) is 21.3 Å². The third-order valence-corrected chi connectivity index (χ3v) is 10.3. The van der Waals surface area contributed by atoms with E-state index in [4.69, 9.17) is 19.5 Å². The first-order valence-corrected chi connectivity index (χ1v) is 17.4. The van der Waals surface area contributed by atoms with Crippen LogP contribution in [0.5, 0.6) is 0 Å². The van der Waals surface area contributed by atoms with E-state index in [9.17, 15) is 9.59 Å². The van der Waals surface area contributed by atoms with Crippen LogP contribution in [0.4, 0.5) is 0 Å². The van der Waals surface area contributed by atoms with Gasteiger partial charge in [0.2, 0.25) is 11.8 Å². The smallest absolute Gasteiger partial charge is 0.404 e. The Morgan fingerprint density at radius 3 is 2.43 bits per heavy atom. The fourth-order valence-corrected chi connectivity index (χ4v) is 7.50. The zero-order chi connectivity index (χ0) is 32.3. The van der Waals surface area contributed by atoms with Crippen LogP contribution in [-0.2, 0) is 23.6 Å². The maximum atomic E-state index is 13.8. The van der Waals surface area contributed by atoms with Gasteiger partial charge in [0.25, 0.3) is 0 Å². The Labute approximate surface area is 267 Å². The first-order chi connectivity index (χ1) is 20.9. The maximum absolute atomic E-state index is 13.8. The summed E-state index contributed by atoms with van der Waals surface area (Å²) in [5.41, 5.74) is -0.110. The van der Waals surface area contributed by atoms with E-state index in [1.165, 1.54) is 32.1 Å². The Kier molecular flexibility index (Phi) is 14.3. The summed E-state index contributed by atoms with van der Waals surface area (Å²) in [5, 5.41) is 19.7. The quantitative estimate of drug-likeness (QED) is 0.0584. The summed E-state index contributed by atoms with van der Waals surface area (Å²) in [6.07, 6.45) is 11.4. The van der Waals surface area contributed by atoms with Crippen LogP contribution in [0.15, 0.2) is 0 Å². The lowest BCUT2D eigenvalue weighted by atomic mass is 9.43. The highest BCUT2D eigenvalue weighted by Gasteiger charge is 2.68. The molecule has 3 saturated carbocycles. The number of amides is 2. The highest BCUT2D eigenvalue weighted by molar-refractivity contribution is 6.48. The first-order valence-electron chi connectivity index (χ1n) is 17.4. The van der Waals surface area contributed by atoms with E-state index in [0.717, 1.165) is 19.3 Å². The molecule has 3 aliphatic carbocycles. The number of carbonyl (C=O) groups excluding carboxylic acids is 2. The molecule has 6 atom stereocenters. The molecule has 5 N–H and O–H groups in total. The molecule has 0 aromatic heterocycles. The van der Waals surface area contributed by atoms with Crippen LogP contribution >= 0.6 is 0 Å². The third kappa shape index (κ3) is 9.83. The second kappa shape index (κ2) is 17.2. The van der Waals surface area contributed by atoms with Gasteiger partial charge in [-0.3, -0.25) is 15.0 Å². The summed E-state index contributed by atoms with van der Waals surface area (Å²) in [6, 6.07) is -0.702. The van der Waals surface area contributed by atoms with Gasteiger partial charge in [-0.15, -0.1) is 0 Å². The number of guanidine groups is 1. The number of hydrogen-bond donors (Lipinski definition) is 5. The van der Waals surface area contributed by atoms with Gasteiger partial charge >= 0.3 is 7.12 Å². The Balaban J connectivity index is 1.56. The molecular weight excluding hydrogens is 557 g/mol. The average molecular weight is 620 g/mol. The number of hydrogen-bond acceptors (Lipinski definition) is 6. The number of nitrogens with one attached hydrogen (secondary N) is 5. The molecule has 4 rings (SSSR count). The monoisotopic (exact) mass is 619 g/mol. The standard InChI is InChI=1S/C33H62BN5O5/c1-8-9-10-11-12-13-18-42-19-16-29(40)38-25(15-14-17-37-31(35)36-7)30(41)39-28(20-23(2)3)34-43-27-22-24-21-26(32(24,4)5)33(27,6)44-34/h23-28H,8-22H2,1-7H3,(H,38,40)(H,39,41)(H3,35,36,37)/t24-,25-,26-,27+,28-,33-/m0/s1. The zero-order valence-electron chi connectivity index (χ0n) is 28.7. The molecular formula is C33H62BN5O5. The van der Waals surface area contributed by atoms with Crippen molar-refractivity contribution in [3.63, 3.8) is 0 Å². The van der Waals surface area contributed by atoms with Crippen molar-refractivity contribution in [2.75, 3.05) is 26.8 Å². The lowest BCUT2D eigenvalue weighted by molar-refractivity contribution is -0.199. The molecule has 0 aromatic carbocycles. The van der Waals surface area contributed by atoms with E-state index in [-0.39, 0.29) is 47.3 Å². The largest absolute Gasteiger partial charge is 0.481 e. The molecule has 252 valence electrons. The molecule has 1 heterocycles. The first kappa shape index (κ1) is 36.6. The van der Waals surface area contributed by atoms with Crippen LogP contribution in [0.2, 0.25) is 0 Å². The summed E-state index contributed by atoms with van der Waals surface area (Å²) < 4.78 is 19.0. The van der Waals surface area contributed by atoms with Crippen molar-refractivity contribution in [1.29, 1.82) is 5.41 Å².